The van der Waals surface area contributed by atoms with E-state index in [0.717, 1.165) is 18.6 Å². The lowest BCUT2D eigenvalue weighted by Gasteiger charge is -2.12. The molecule has 1 aliphatic rings. The van der Waals surface area contributed by atoms with Crippen molar-refractivity contribution < 1.29 is 23.6 Å². The maximum absolute atomic E-state index is 13.5. The number of carbonyl (C=O) groups excluding carboxylic acids is 4. The topological polar surface area (TPSA) is 110 Å². The summed E-state index contributed by atoms with van der Waals surface area (Å²) in [5.41, 5.74) is 5.51. The number of carbonyl (C=O) groups is 4. The van der Waals surface area contributed by atoms with Gasteiger partial charge < -0.3 is 11.1 Å². The number of imide groups is 1. The molecule has 3 N–H and O–H groups in total. The first-order valence-electron chi connectivity index (χ1n) is 8.74. The zero-order valence-corrected chi connectivity index (χ0v) is 15.1. The van der Waals surface area contributed by atoms with Gasteiger partial charge in [0, 0.05) is 17.8 Å². The maximum atomic E-state index is 13.5. The maximum Gasteiger partial charge on any atom is 0.261 e. The summed E-state index contributed by atoms with van der Waals surface area (Å²) in [7, 11) is 0. The summed E-state index contributed by atoms with van der Waals surface area (Å²) in [4.78, 5) is 49.7. The van der Waals surface area contributed by atoms with Crippen molar-refractivity contribution in [2.75, 3.05) is 11.9 Å². The van der Waals surface area contributed by atoms with Gasteiger partial charge in [-0.15, -0.1) is 0 Å². The van der Waals surface area contributed by atoms with Gasteiger partial charge in [-0.25, -0.2) is 4.39 Å². The molecule has 0 saturated carbocycles. The second kappa shape index (κ2) is 7.59. The first-order valence-corrected chi connectivity index (χ1v) is 8.74. The van der Waals surface area contributed by atoms with E-state index in [9.17, 15) is 23.6 Å². The fourth-order valence-corrected chi connectivity index (χ4v) is 2.95. The Kier molecular flexibility index (Phi) is 5.21. The summed E-state index contributed by atoms with van der Waals surface area (Å²) >= 11 is 0. The number of hydrogen-bond donors (Lipinski definition) is 2. The van der Waals surface area contributed by atoms with Gasteiger partial charge in [-0.1, -0.05) is 13.3 Å². The van der Waals surface area contributed by atoms with E-state index in [0.29, 0.717) is 13.0 Å². The molecule has 28 heavy (non-hydrogen) atoms. The molecule has 144 valence electrons. The van der Waals surface area contributed by atoms with Gasteiger partial charge in [-0.2, -0.15) is 0 Å². The summed E-state index contributed by atoms with van der Waals surface area (Å²) in [6.45, 7) is 2.29. The third kappa shape index (κ3) is 3.48. The smallest absolute Gasteiger partial charge is 0.261 e. The van der Waals surface area contributed by atoms with Gasteiger partial charge in [0.1, 0.15) is 5.82 Å². The molecule has 2 aromatic carbocycles. The fraction of sp³-hybridized carbons (Fsp3) is 0.200. The van der Waals surface area contributed by atoms with Crippen LogP contribution in [0.4, 0.5) is 10.1 Å². The number of anilines is 1. The molecule has 7 nitrogen and oxygen atoms in total. The number of halogens is 1. The van der Waals surface area contributed by atoms with Crippen LogP contribution in [-0.2, 0) is 0 Å². The molecule has 0 bridgehead atoms. The normalized spacial score (nSPS) is 12.9. The van der Waals surface area contributed by atoms with Crippen LogP contribution in [0.5, 0.6) is 0 Å². The average Bonchev–Trinajstić information content (AvgIpc) is 2.91. The quantitative estimate of drug-likeness (QED) is 0.747. The Morgan fingerprint density at radius 1 is 1.07 bits per heavy atom. The van der Waals surface area contributed by atoms with Gasteiger partial charge in [0.15, 0.2) is 0 Å². The van der Waals surface area contributed by atoms with E-state index in [1.807, 2.05) is 6.92 Å². The number of unbranched alkanes of at least 4 members (excludes halogenated alkanes) is 1. The highest BCUT2D eigenvalue weighted by molar-refractivity contribution is 6.22. The lowest BCUT2D eigenvalue weighted by atomic mass is 10.1. The molecule has 1 heterocycles. The number of benzene rings is 2. The van der Waals surface area contributed by atoms with Gasteiger partial charge in [-0.05, 0) is 42.8 Å². The van der Waals surface area contributed by atoms with Gasteiger partial charge in [0.05, 0.1) is 16.7 Å². The van der Waals surface area contributed by atoms with Crippen LogP contribution in [0.2, 0.25) is 0 Å². The average molecular weight is 383 g/mol. The van der Waals surface area contributed by atoms with E-state index in [2.05, 4.69) is 5.32 Å². The van der Waals surface area contributed by atoms with Crippen molar-refractivity contribution in [3.05, 3.63) is 64.5 Å². The minimum atomic E-state index is -0.956. The molecule has 1 aliphatic heterocycles. The second-order valence-corrected chi connectivity index (χ2v) is 6.39. The van der Waals surface area contributed by atoms with Crippen molar-refractivity contribution in [2.45, 2.75) is 19.8 Å². The molecule has 0 spiro atoms. The van der Waals surface area contributed by atoms with Crippen molar-refractivity contribution in [1.82, 2.24) is 4.90 Å². The van der Waals surface area contributed by atoms with Crippen LogP contribution in [0.15, 0.2) is 36.4 Å². The third-order valence-corrected chi connectivity index (χ3v) is 4.46. The lowest BCUT2D eigenvalue weighted by molar-refractivity contribution is 0.0651. The van der Waals surface area contributed by atoms with Crippen molar-refractivity contribution >= 4 is 29.3 Å². The molecule has 0 unspecified atom stereocenters. The number of amides is 4. The van der Waals surface area contributed by atoms with E-state index < -0.39 is 23.5 Å². The Morgan fingerprint density at radius 3 is 2.46 bits per heavy atom. The zero-order valence-electron chi connectivity index (χ0n) is 15.1. The molecule has 0 aromatic heterocycles. The summed E-state index contributed by atoms with van der Waals surface area (Å²) < 4.78 is 13.5. The largest absolute Gasteiger partial charge is 0.366 e. The molecule has 2 aromatic rings. The number of nitrogens with two attached hydrogens (primary N) is 1. The molecule has 3 rings (SSSR count). The number of rotatable bonds is 6. The molecule has 0 atom stereocenters. The molecule has 0 saturated heterocycles. The molecule has 4 amide bonds. The number of nitrogens with one attached hydrogen (secondary N) is 1. The molecule has 8 heteroatoms. The van der Waals surface area contributed by atoms with Gasteiger partial charge in [0.2, 0.25) is 0 Å². The summed E-state index contributed by atoms with van der Waals surface area (Å²) in [6, 6.07) is 7.66. The number of fused-ring (bicyclic) bond motifs is 1. The fourth-order valence-electron chi connectivity index (χ4n) is 2.95. The van der Waals surface area contributed by atoms with Crippen LogP contribution >= 0.6 is 0 Å². The monoisotopic (exact) mass is 383 g/mol. The van der Waals surface area contributed by atoms with Crippen LogP contribution in [0.3, 0.4) is 0 Å². The van der Waals surface area contributed by atoms with Gasteiger partial charge in [-0.3, -0.25) is 24.1 Å². The molecule has 0 radical (unpaired) electrons. The van der Waals surface area contributed by atoms with Crippen LogP contribution in [0, 0.1) is 5.82 Å². The Balaban J connectivity index is 1.83. The number of hydrogen-bond acceptors (Lipinski definition) is 4. The standard InChI is InChI=1S/C20H18FN3O4/c1-2-3-8-24-19(27)13-6-4-11(9-14(13)20(24)28)18(26)23-12-5-7-16(21)15(10-12)17(22)25/h4-7,9-10H,2-3,8H2,1H3,(H2,22,25)(H,23,26). The van der Waals surface area contributed by atoms with Crippen molar-refractivity contribution in [2.24, 2.45) is 5.73 Å². The van der Waals surface area contributed by atoms with Gasteiger partial charge >= 0.3 is 0 Å². The Hall–Kier alpha value is -3.55. The second-order valence-electron chi connectivity index (χ2n) is 6.39. The van der Waals surface area contributed by atoms with E-state index >= 15 is 0 Å². The molecule has 0 fully saturated rings. The highest BCUT2D eigenvalue weighted by Gasteiger charge is 2.35. The first kappa shape index (κ1) is 19.2. The molecular weight excluding hydrogens is 365 g/mol. The highest BCUT2D eigenvalue weighted by Crippen LogP contribution is 2.25. The van der Waals surface area contributed by atoms with Crippen LogP contribution in [-0.4, -0.2) is 35.1 Å². The van der Waals surface area contributed by atoms with Crippen LogP contribution < -0.4 is 11.1 Å². The first-order chi connectivity index (χ1) is 13.3. The van der Waals surface area contributed by atoms with Gasteiger partial charge in [0.25, 0.3) is 23.6 Å². The van der Waals surface area contributed by atoms with E-state index in [1.165, 1.54) is 29.2 Å². The minimum Gasteiger partial charge on any atom is -0.366 e. The van der Waals surface area contributed by atoms with Crippen molar-refractivity contribution in [3.8, 4) is 0 Å². The lowest BCUT2D eigenvalue weighted by Crippen LogP contribution is -2.30. The third-order valence-electron chi connectivity index (χ3n) is 4.46. The van der Waals surface area contributed by atoms with Crippen molar-refractivity contribution in [3.63, 3.8) is 0 Å². The summed E-state index contributed by atoms with van der Waals surface area (Å²) in [5, 5.41) is 2.52. The Morgan fingerprint density at radius 2 is 1.79 bits per heavy atom. The number of primary amides is 1. The summed E-state index contributed by atoms with van der Waals surface area (Å²) in [5.74, 6) is -3.12. The Labute approximate surface area is 160 Å². The molecule has 0 aliphatic carbocycles. The summed E-state index contributed by atoms with van der Waals surface area (Å²) in [6.07, 6.45) is 1.54. The van der Waals surface area contributed by atoms with E-state index in [4.69, 9.17) is 5.73 Å². The minimum absolute atomic E-state index is 0.155. The molecular formula is C20H18FN3O4. The predicted molar refractivity (Wildman–Crippen MR) is 99.6 cm³/mol. The predicted octanol–water partition coefficient (Wildman–Crippen LogP) is 2.57. The van der Waals surface area contributed by atoms with Crippen molar-refractivity contribution in [1.29, 1.82) is 0 Å². The highest BCUT2D eigenvalue weighted by atomic mass is 19.1. The van der Waals surface area contributed by atoms with E-state index in [-0.39, 0.29) is 33.8 Å². The van der Waals surface area contributed by atoms with Crippen LogP contribution in [0.25, 0.3) is 0 Å². The number of nitrogens with zero attached hydrogens (tertiary/aromatic N) is 1. The zero-order chi connectivity index (χ0) is 20.4. The SMILES string of the molecule is CCCCN1C(=O)c2ccc(C(=O)Nc3ccc(F)c(C(N)=O)c3)cc2C1=O. The van der Waals surface area contributed by atoms with Crippen LogP contribution in [0.1, 0.15) is 61.2 Å². The van der Waals surface area contributed by atoms with E-state index in [1.54, 1.807) is 0 Å². The Bertz CT molecular complexity index is 1000.